The number of hydrogen-bond donors (Lipinski definition) is 1. The van der Waals surface area contributed by atoms with E-state index < -0.39 is 4.92 Å². The van der Waals surface area contributed by atoms with E-state index >= 15 is 0 Å². The van der Waals surface area contributed by atoms with E-state index in [1.807, 2.05) is 6.92 Å². The van der Waals surface area contributed by atoms with Crippen molar-refractivity contribution in [2.75, 3.05) is 19.7 Å². The number of aliphatic hydroxyl groups is 1. The van der Waals surface area contributed by atoms with Gasteiger partial charge in [0.1, 0.15) is 5.02 Å². The number of hydrogen-bond acceptors (Lipinski definition) is 4. The number of rotatable bonds is 7. The summed E-state index contributed by atoms with van der Waals surface area (Å²) in [5.74, 6) is 0. The average molecular weight is 273 g/mol. The van der Waals surface area contributed by atoms with E-state index in [0.29, 0.717) is 13.0 Å². The fourth-order valence-electron chi connectivity index (χ4n) is 1.70. The lowest BCUT2D eigenvalue weighted by Crippen LogP contribution is -2.24. The second kappa shape index (κ2) is 7.31. The Morgan fingerprint density at radius 1 is 1.50 bits per heavy atom. The summed E-state index contributed by atoms with van der Waals surface area (Å²) >= 11 is 5.76. The van der Waals surface area contributed by atoms with Crippen molar-refractivity contribution in [1.29, 1.82) is 0 Å². The summed E-state index contributed by atoms with van der Waals surface area (Å²) in [6, 6.07) is 4.84. The summed E-state index contributed by atoms with van der Waals surface area (Å²) in [5.41, 5.74) is 0.790. The zero-order valence-corrected chi connectivity index (χ0v) is 11.1. The normalized spacial score (nSPS) is 10.9. The van der Waals surface area contributed by atoms with E-state index in [4.69, 9.17) is 16.7 Å². The zero-order chi connectivity index (χ0) is 13.5. The molecule has 0 saturated carbocycles. The first-order chi connectivity index (χ1) is 8.58. The second-order valence-corrected chi connectivity index (χ2v) is 4.40. The maximum absolute atomic E-state index is 10.8. The lowest BCUT2D eigenvalue weighted by Gasteiger charge is -2.19. The van der Waals surface area contributed by atoms with Crippen molar-refractivity contribution in [2.24, 2.45) is 0 Å². The molecule has 1 N–H and O–H groups in total. The molecule has 0 spiro atoms. The summed E-state index contributed by atoms with van der Waals surface area (Å²) in [7, 11) is 0. The number of nitrogens with zero attached hydrogens (tertiary/aromatic N) is 2. The van der Waals surface area contributed by atoms with Crippen LogP contribution in [0.25, 0.3) is 0 Å². The fraction of sp³-hybridized carbons (Fsp3) is 0.500. The Kier molecular flexibility index (Phi) is 6.04. The lowest BCUT2D eigenvalue weighted by atomic mass is 10.2. The third-order valence-corrected chi connectivity index (χ3v) is 3.01. The molecule has 0 aromatic heterocycles. The van der Waals surface area contributed by atoms with Gasteiger partial charge in [0.15, 0.2) is 0 Å². The minimum Gasteiger partial charge on any atom is -0.396 e. The van der Waals surface area contributed by atoms with Crippen LogP contribution in [0.5, 0.6) is 0 Å². The highest BCUT2D eigenvalue weighted by molar-refractivity contribution is 6.32. The Bertz CT molecular complexity index is 412. The quantitative estimate of drug-likeness (QED) is 0.612. The van der Waals surface area contributed by atoms with Crippen molar-refractivity contribution >= 4 is 17.3 Å². The van der Waals surface area contributed by atoms with Crippen LogP contribution in [0.4, 0.5) is 5.69 Å². The van der Waals surface area contributed by atoms with Crippen LogP contribution in [0.2, 0.25) is 5.02 Å². The van der Waals surface area contributed by atoms with Gasteiger partial charge in [-0.05, 0) is 24.6 Å². The van der Waals surface area contributed by atoms with Gasteiger partial charge in [-0.15, -0.1) is 0 Å². The molecule has 100 valence electrons. The maximum atomic E-state index is 10.8. The predicted molar refractivity (Wildman–Crippen MR) is 70.8 cm³/mol. The van der Waals surface area contributed by atoms with Gasteiger partial charge in [-0.1, -0.05) is 24.6 Å². The summed E-state index contributed by atoms with van der Waals surface area (Å²) in [4.78, 5) is 12.4. The van der Waals surface area contributed by atoms with Crippen LogP contribution in [-0.2, 0) is 6.54 Å². The van der Waals surface area contributed by atoms with Crippen molar-refractivity contribution in [3.63, 3.8) is 0 Å². The molecule has 0 bridgehead atoms. The predicted octanol–water partition coefficient (Wildman–Crippen LogP) is 2.45. The molecule has 5 nitrogen and oxygen atoms in total. The van der Waals surface area contributed by atoms with Gasteiger partial charge < -0.3 is 5.11 Å². The van der Waals surface area contributed by atoms with Crippen LogP contribution in [-0.4, -0.2) is 34.6 Å². The number of nitro benzene ring substituents is 1. The topological polar surface area (TPSA) is 66.6 Å². The van der Waals surface area contributed by atoms with Gasteiger partial charge >= 0.3 is 0 Å². The van der Waals surface area contributed by atoms with Gasteiger partial charge in [0.2, 0.25) is 0 Å². The Balaban J connectivity index is 2.77. The minimum absolute atomic E-state index is 0.0626. The van der Waals surface area contributed by atoms with E-state index in [9.17, 15) is 10.1 Å². The Labute approximate surface area is 111 Å². The molecule has 6 heteroatoms. The first-order valence-electron chi connectivity index (χ1n) is 5.84. The van der Waals surface area contributed by atoms with Crippen LogP contribution >= 0.6 is 11.6 Å². The zero-order valence-electron chi connectivity index (χ0n) is 10.3. The van der Waals surface area contributed by atoms with Crippen LogP contribution in [0.1, 0.15) is 18.9 Å². The van der Waals surface area contributed by atoms with Crippen LogP contribution in [0, 0.1) is 10.1 Å². The van der Waals surface area contributed by atoms with Crippen LogP contribution < -0.4 is 0 Å². The highest BCUT2D eigenvalue weighted by atomic mass is 35.5. The van der Waals surface area contributed by atoms with Crippen molar-refractivity contribution in [1.82, 2.24) is 4.90 Å². The monoisotopic (exact) mass is 272 g/mol. The molecule has 1 aromatic rings. The Morgan fingerprint density at radius 2 is 2.22 bits per heavy atom. The average Bonchev–Trinajstić information content (AvgIpc) is 2.36. The summed E-state index contributed by atoms with van der Waals surface area (Å²) in [5, 5.41) is 19.7. The lowest BCUT2D eigenvalue weighted by molar-refractivity contribution is -0.384. The van der Waals surface area contributed by atoms with Crippen molar-refractivity contribution < 1.29 is 10.0 Å². The van der Waals surface area contributed by atoms with Crippen LogP contribution in [0.3, 0.4) is 0 Å². The Hall–Kier alpha value is -1.17. The molecule has 0 atom stereocenters. The van der Waals surface area contributed by atoms with E-state index in [-0.39, 0.29) is 17.3 Å². The van der Waals surface area contributed by atoms with E-state index in [2.05, 4.69) is 4.90 Å². The maximum Gasteiger partial charge on any atom is 0.288 e. The number of benzene rings is 1. The minimum atomic E-state index is -0.476. The molecule has 0 aliphatic heterocycles. The molecule has 0 heterocycles. The summed E-state index contributed by atoms with van der Waals surface area (Å²) < 4.78 is 0. The van der Waals surface area contributed by atoms with Crippen LogP contribution in [0.15, 0.2) is 18.2 Å². The third kappa shape index (κ3) is 4.25. The number of halogens is 1. The molecule has 0 aliphatic carbocycles. The molecular weight excluding hydrogens is 256 g/mol. The molecule has 0 amide bonds. The molecule has 0 saturated heterocycles. The van der Waals surface area contributed by atoms with Gasteiger partial charge in [-0.2, -0.15) is 0 Å². The molecule has 0 fully saturated rings. The smallest absolute Gasteiger partial charge is 0.288 e. The standard InChI is InChI=1S/C12H17ClN2O3/c1-2-14(6-3-7-16)9-10-4-5-11(13)12(8-10)15(17)18/h4-5,8,16H,2-3,6-7,9H2,1H3. The molecule has 0 aliphatic rings. The molecule has 1 aromatic carbocycles. The molecule has 18 heavy (non-hydrogen) atoms. The van der Waals surface area contributed by atoms with Crippen molar-refractivity contribution in [3.8, 4) is 0 Å². The summed E-state index contributed by atoms with van der Waals surface area (Å²) in [6.45, 7) is 4.38. The molecule has 1 rings (SSSR count). The van der Waals surface area contributed by atoms with Gasteiger partial charge in [-0.3, -0.25) is 15.0 Å². The first kappa shape index (κ1) is 14.9. The molecular formula is C12H17ClN2O3. The fourth-order valence-corrected chi connectivity index (χ4v) is 1.88. The number of nitro groups is 1. The van der Waals surface area contributed by atoms with E-state index in [0.717, 1.165) is 18.7 Å². The molecule has 0 unspecified atom stereocenters. The van der Waals surface area contributed by atoms with Crippen molar-refractivity contribution in [3.05, 3.63) is 38.9 Å². The first-order valence-corrected chi connectivity index (χ1v) is 6.22. The number of aliphatic hydroxyl groups excluding tert-OH is 1. The van der Waals surface area contributed by atoms with Gasteiger partial charge in [0.05, 0.1) is 4.92 Å². The van der Waals surface area contributed by atoms with Crippen molar-refractivity contribution in [2.45, 2.75) is 19.9 Å². The summed E-state index contributed by atoms with van der Waals surface area (Å²) in [6.07, 6.45) is 0.698. The largest absolute Gasteiger partial charge is 0.396 e. The SMILES string of the molecule is CCN(CCCO)Cc1ccc(Cl)c([N+](=O)[O-])c1. The highest BCUT2D eigenvalue weighted by Crippen LogP contribution is 2.25. The highest BCUT2D eigenvalue weighted by Gasteiger charge is 2.13. The second-order valence-electron chi connectivity index (χ2n) is 3.99. The van der Waals surface area contributed by atoms with E-state index in [1.54, 1.807) is 12.1 Å². The van der Waals surface area contributed by atoms with Gasteiger partial charge in [0, 0.05) is 25.8 Å². The van der Waals surface area contributed by atoms with Gasteiger partial charge in [-0.25, -0.2) is 0 Å². The third-order valence-electron chi connectivity index (χ3n) is 2.69. The van der Waals surface area contributed by atoms with Gasteiger partial charge in [0.25, 0.3) is 5.69 Å². The van der Waals surface area contributed by atoms with E-state index in [1.165, 1.54) is 6.07 Å². The Morgan fingerprint density at radius 3 is 2.78 bits per heavy atom. The molecule has 0 radical (unpaired) electrons.